The lowest BCUT2D eigenvalue weighted by Crippen LogP contribution is -2.41. The predicted molar refractivity (Wildman–Crippen MR) is 92.3 cm³/mol. The van der Waals surface area contributed by atoms with Gasteiger partial charge in [0.05, 0.1) is 24.1 Å². The van der Waals surface area contributed by atoms with Crippen LogP contribution in [0.15, 0.2) is 49.2 Å². The van der Waals surface area contributed by atoms with Crippen LogP contribution in [0.25, 0.3) is 5.82 Å². The van der Waals surface area contributed by atoms with Gasteiger partial charge in [0.15, 0.2) is 5.82 Å². The number of carbonyl (C=O) groups excluding carboxylic acids is 1. The van der Waals surface area contributed by atoms with Gasteiger partial charge in [0, 0.05) is 25.1 Å². The van der Waals surface area contributed by atoms with Gasteiger partial charge in [0.25, 0.3) is 0 Å². The highest BCUT2D eigenvalue weighted by atomic mass is 16.2. The van der Waals surface area contributed by atoms with Crippen molar-refractivity contribution in [2.24, 2.45) is 0 Å². The number of hydrogen-bond acceptors (Lipinski definition) is 4. The van der Waals surface area contributed by atoms with Gasteiger partial charge in [-0.1, -0.05) is 6.07 Å². The van der Waals surface area contributed by atoms with E-state index in [0.29, 0.717) is 18.1 Å². The number of urea groups is 1. The molecule has 2 amide bonds. The first-order valence-electron chi connectivity index (χ1n) is 8.34. The molecular formula is C17H19N7O. The third-order valence-corrected chi connectivity index (χ3v) is 4.32. The van der Waals surface area contributed by atoms with Crippen molar-refractivity contribution in [3.8, 4) is 5.82 Å². The van der Waals surface area contributed by atoms with E-state index in [1.165, 1.54) is 0 Å². The van der Waals surface area contributed by atoms with E-state index in [-0.39, 0.29) is 12.1 Å². The smallest absolute Gasteiger partial charge is 0.322 e. The van der Waals surface area contributed by atoms with Gasteiger partial charge in [-0.25, -0.2) is 19.4 Å². The Morgan fingerprint density at radius 2 is 2.20 bits per heavy atom. The second kappa shape index (κ2) is 6.76. The van der Waals surface area contributed by atoms with E-state index in [1.807, 2.05) is 23.1 Å². The molecule has 4 heterocycles. The SMILES string of the molecule is O=C(Nc1cnn(-c2ccccn2)c1)N1CCCCC1c1ncc[nH]1. The molecule has 0 saturated carbocycles. The Kier molecular flexibility index (Phi) is 4.16. The van der Waals surface area contributed by atoms with Crippen molar-refractivity contribution >= 4 is 11.7 Å². The minimum absolute atomic E-state index is 0.0189. The van der Waals surface area contributed by atoms with Gasteiger partial charge < -0.3 is 15.2 Å². The van der Waals surface area contributed by atoms with E-state index < -0.39 is 0 Å². The Hall–Kier alpha value is -3.16. The fourth-order valence-corrected chi connectivity index (χ4v) is 3.12. The summed E-state index contributed by atoms with van der Waals surface area (Å²) in [4.78, 5) is 26.3. The van der Waals surface area contributed by atoms with Crippen molar-refractivity contribution in [3.05, 3.63) is 55.0 Å². The van der Waals surface area contributed by atoms with Gasteiger partial charge in [0.2, 0.25) is 0 Å². The van der Waals surface area contributed by atoms with Crippen molar-refractivity contribution in [2.75, 3.05) is 11.9 Å². The molecule has 2 N–H and O–H groups in total. The van der Waals surface area contributed by atoms with Crippen LogP contribution in [0.1, 0.15) is 31.1 Å². The molecule has 3 aromatic heterocycles. The Labute approximate surface area is 144 Å². The quantitative estimate of drug-likeness (QED) is 0.769. The minimum Gasteiger partial charge on any atom is -0.347 e. The molecule has 1 aliphatic heterocycles. The number of rotatable bonds is 3. The second-order valence-electron chi connectivity index (χ2n) is 5.97. The number of nitrogens with one attached hydrogen (secondary N) is 2. The maximum absolute atomic E-state index is 12.7. The average molecular weight is 337 g/mol. The molecule has 1 saturated heterocycles. The van der Waals surface area contributed by atoms with Crippen LogP contribution in [0.5, 0.6) is 0 Å². The van der Waals surface area contributed by atoms with Crippen molar-refractivity contribution < 1.29 is 4.79 Å². The summed E-state index contributed by atoms with van der Waals surface area (Å²) in [6.07, 6.45) is 11.6. The van der Waals surface area contributed by atoms with Crippen LogP contribution < -0.4 is 5.32 Å². The maximum Gasteiger partial charge on any atom is 0.322 e. The number of amides is 2. The number of imidazole rings is 1. The molecule has 1 unspecified atom stereocenters. The lowest BCUT2D eigenvalue weighted by atomic mass is 10.0. The summed E-state index contributed by atoms with van der Waals surface area (Å²) in [6.45, 7) is 0.714. The molecule has 1 atom stereocenters. The Morgan fingerprint density at radius 3 is 3.00 bits per heavy atom. The maximum atomic E-state index is 12.7. The predicted octanol–water partition coefficient (Wildman–Crippen LogP) is 2.75. The molecule has 1 fully saturated rings. The van der Waals surface area contributed by atoms with Crippen molar-refractivity contribution in [1.82, 2.24) is 29.6 Å². The normalized spacial score (nSPS) is 17.4. The first-order valence-corrected chi connectivity index (χ1v) is 8.34. The monoisotopic (exact) mass is 337 g/mol. The number of aromatic nitrogens is 5. The fourth-order valence-electron chi connectivity index (χ4n) is 3.12. The number of pyridine rings is 1. The van der Waals surface area contributed by atoms with E-state index in [9.17, 15) is 4.79 Å². The molecule has 0 spiro atoms. The number of piperidine rings is 1. The topological polar surface area (TPSA) is 91.7 Å². The largest absolute Gasteiger partial charge is 0.347 e. The highest BCUT2D eigenvalue weighted by Gasteiger charge is 2.29. The Balaban J connectivity index is 1.48. The summed E-state index contributed by atoms with van der Waals surface area (Å²) in [5.41, 5.74) is 0.638. The zero-order valence-electron chi connectivity index (χ0n) is 13.7. The van der Waals surface area contributed by atoms with E-state index in [2.05, 4.69) is 25.4 Å². The molecule has 4 rings (SSSR count). The van der Waals surface area contributed by atoms with E-state index in [1.54, 1.807) is 35.7 Å². The van der Waals surface area contributed by atoms with Gasteiger partial charge in [-0.15, -0.1) is 0 Å². The molecular weight excluding hydrogens is 318 g/mol. The van der Waals surface area contributed by atoms with Crippen LogP contribution in [0.4, 0.5) is 10.5 Å². The van der Waals surface area contributed by atoms with Crippen LogP contribution in [0.3, 0.4) is 0 Å². The molecule has 8 nitrogen and oxygen atoms in total. The first-order chi connectivity index (χ1) is 12.3. The summed E-state index contributed by atoms with van der Waals surface area (Å²) < 4.78 is 1.63. The number of carbonyl (C=O) groups is 1. The summed E-state index contributed by atoms with van der Waals surface area (Å²) in [5, 5.41) is 7.18. The number of anilines is 1. The third kappa shape index (κ3) is 3.23. The summed E-state index contributed by atoms with van der Waals surface area (Å²) in [7, 11) is 0. The van der Waals surface area contributed by atoms with Crippen LogP contribution in [-0.2, 0) is 0 Å². The highest BCUT2D eigenvalue weighted by molar-refractivity contribution is 5.89. The molecule has 0 bridgehead atoms. The van der Waals surface area contributed by atoms with Crippen LogP contribution in [-0.4, -0.2) is 42.2 Å². The molecule has 0 aliphatic carbocycles. The molecule has 8 heteroatoms. The van der Waals surface area contributed by atoms with E-state index in [0.717, 1.165) is 25.1 Å². The number of hydrogen-bond donors (Lipinski definition) is 2. The van der Waals surface area contributed by atoms with Crippen LogP contribution in [0, 0.1) is 0 Å². The van der Waals surface area contributed by atoms with Gasteiger partial charge >= 0.3 is 6.03 Å². The average Bonchev–Trinajstić information content (AvgIpc) is 3.34. The van der Waals surface area contributed by atoms with Crippen molar-refractivity contribution in [2.45, 2.75) is 25.3 Å². The summed E-state index contributed by atoms with van der Waals surface area (Å²) in [5.74, 6) is 1.54. The summed E-state index contributed by atoms with van der Waals surface area (Å²) >= 11 is 0. The van der Waals surface area contributed by atoms with Crippen molar-refractivity contribution in [3.63, 3.8) is 0 Å². The summed E-state index contributed by atoms with van der Waals surface area (Å²) in [6, 6.07) is 5.44. The van der Waals surface area contributed by atoms with Gasteiger partial charge in [-0.3, -0.25) is 0 Å². The standard InChI is InChI=1S/C17H19N7O/c25-17(23-10-4-2-5-14(23)16-19-8-9-20-16)22-13-11-21-24(12-13)15-6-1-3-7-18-15/h1,3,6-9,11-12,14H,2,4-5,10H2,(H,19,20)(H,22,25). The molecule has 0 radical (unpaired) electrons. The lowest BCUT2D eigenvalue weighted by molar-refractivity contribution is 0.160. The van der Waals surface area contributed by atoms with Crippen LogP contribution >= 0.6 is 0 Å². The number of nitrogens with zero attached hydrogens (tertiary/aromatic N) is 5. The molecule has 25 heavy (non-hydrogen) atoms. The third-order valence-electron chi connectivity index (χ3n) is 4.32. The van der Waals surface area contributed by atoms with Gasteiger partial charge in [-0.2, -0.15) is 5.10 Å². The van der Waals surface area contributed by atoms with E-state index >= 15 is 0 Å². The number of H-pyrrole nitrogens is 1. The fraction of sp³-hybridized carbons (Fsp3) is 0.294. The number of aromatic amines is 1. The molecule has 128 valence electrons. The lowest BCUT2D eigenvalue weighted by Gasteiger charge is -2.34. The zero-order chi connectivity index (χ0) is 17.1. The second-order valence-corrected chi connectivity index (χ2v) is 5.97. The van der Waals surface area contributed by atoms with Gasteiger partial charge in [-0.05, 0) is 31.4 Å². The van der Waals surface area contributed by atoms with Crippen LogP contribution in [0.2, 0.25) is 0 Å². The van der Waals surface area contributed by atoms with E-state index in [4.69, 9.17) is 0 Å². The molecule has 1 aliphatic rings. The Bertz CT molecular complexity index is 828. The minimum atomic E-state index is -0.137. The molecule has 0 aromatic carbocycles. The zero-order valence-corrected chi connectivity index (χ0v) is 13.7. The molecule has 3 aromatic rings. The number of likely N-dealkylation sites (tertiary alicyclic amines) is 1. The van der Waals surface area contributed by atoms with Crippen molar-refractivity contribution in [1.29, 1.82) is 0 Å². The highest BCUT2D eigenvalue weighted by Crippen LogP contribution is 2.29. The first kappa shape index (κ1) is 15.4. The van der Waals surface area contributed by atoms with Gasteiger partial charge in [0.1, 0.15) is 5.82 Å². The Morgan fingerprint density at radius 1 is 1.24 bits per heavy atom.